The van der Waals surface area contributed by atoms with Crippen molar-refractivity contribution in [3.8, 4) is 0 Å². The van der Waals surface area contributed by atoms with Gasteiger partial charge in [-0.15, -0.1) is 0 Å². The minimum Gasteiger partial charge on any atom is -0.0743 e. The van der Waals surface area contributed by atoms with Gasteiger partial charge in [-0.25, -0.2) is 0 Å². The summed E-state index contributed by atoms with van der Waals surface area (Å²) < 4.78 is 0. The highest BCUT2D eigenvalue weighted by atomic mass is 14.3. The molecule has 0 heteroatoms. The predicted molar refractivity (Wildman–Crippen MR) is 128 cm³/mol. The summed E-state index contributed by atoms with van der Waals surface area (Å²) in [5.41, 5.74) is 6.70. The summed E-state index contributed by atoms with van der Waals surface area (Å²) in [5.74, 6) is 1.91. The summed E-state index contributed by atoms with van der Waals surface area (Å²) in [7, 11) is 0. The quantitative estimate of drug-likeness (QED) is 0.417. The largest absolute Gasteiger partial charge is 0.0743 e. The van der Waals surface area contributed by atoms with Crippen LogP contribution in [0, 0.1) is 17.3 Å². The lowest BCUT2D eigenvalue weighted by molar-refractivity contribution is 0.141. The molecule has 0 heterocycles. The third-order valence-corrected chi connectivity index (χ3v) is 6.77. The average molecular weight is 379 g/mol. The minimum atomic E-state index is 0.516. The number of rotatable bonds is 5. The first kappa shape index (κ1) is 28.7. The molecule has 27 heavy (non-hydrogen) atoms. The van der Waals surface area contributed by atoms with E-state index >= 15 is 0 Å². The molecule has 0 aromatic heterocycles. The Hall–Kier alpha value is -0.520. The molecule has 162 valence electrons. The molecule has 1 aliphatic carbocycles. The molecule has 1 fully saturated rings. The van der Waals surface area contributed by atoms with Crippen LogP contribution in [-0.2, 0) is 0 Å². The van der Waals surface area contributed by atoms with Crippen molar-refractivity contribution in [1.82, 2.24) is 0 Å². The zero-order chi connectivity index (χ0) is 21.6. The van der Waals surface area contributed by atoms with Crippen LogP contribution < -0.4 is 0 Å². The lowest BCUT2D eigenvalue weighted by atomic mass is 9.69. The molecule has 1 atom stereocenters. The van der Waals surface area contributed by atoms with Crippen molar-refractivity contribution < 1.29 is 0 Å². The SMILES string of the molecule is CC.CC(C1CCCCC1)C(C)(C)C.CC/C(C)=C(/C)C/C(C)=C(/C)CC. The van der Waals surface area contributed by atoms with E-state index in [2.05, 4.69) is 69.2 Å². The Labute approximate surface area is 174 Å². The van der Waals surface area contributed by atoms with Gasteiger partial charge < -0.3 is 0 Å². The summed E-state index contributed by atoms with van der Waals surface area (Å²) in [5, 5.41) is 0. The van der Waals surface area contributed by atoms with Crippen LogP contribution in [-0.4, -0.2) is 0 Å². The van der Waals surface area contributed by atoms with Crippen molar-refractivity contribution in [2.24, 2.45) is 17.3 Å². The van der Waals surface area contributed by atoms with Crippen LogP contribution in [0.1, 0.15) is 134 Å². The summed E-state index contributed by atoms with van der Waals surface area (Å²) in [4.78, 5) is 0. The van der Waals surface area contributed by atoms with Gasteiger partial charge in [-0.2, -0.15) is 0 Å². The molecule has 0 radical (unpaired) electrons. The summed E-state index contributed by atoms with van der Waals surface area (Å²) >= 11 is 0. The molecule has 0 saturated heterocycles. The maximum absolute atomic E-state index is 2.44. The van der Waals surface area contributed by atoms with Crippen molar-refractivity contribution in [2.45, 2.75) is 134 Å². The van der Waals surface area contributed by atoms with Gasteiger partial charge in [-0.1, -0.05) is 110 Å². The third-order valence-electron chi connectivity index (χ3n) is 6.77. The Kier molecular flexibility index (Phi) is 16.4. The van der Waals surface area contributed by atoms with Gasteiger partial charge in [0.2, 0.25) is 0 Å². The van der Waals surface area contributed by atoms with E-state index in [1.54, 1.807) is 22.3 Å². The van der Waals surface area contributed by atoms with Crippen molar-refractivity contribution in [3.63, 3.8) is 0 Å². The normalized spacial score (nSPS) is 18.2. The second-order valence-corrected chi connectivity index (χ2v) is 9.56. The molecule has 0 aliphatic heterocycles. The van der Waals surface area contributed by atoms with E-state index in [0.29, 0.717) is 5.41 Å². The minimum absolute atomic E-state index is 0.516. The monoisotopic (exact) mass is 378 g/mol. The molecule has 1 aliphatic rings. The molecular weight excluding hydrogens is 324 g/mol. The van der Waals surface area contributed by atoms with E-state index in [1.165, 1.54) is 51.4 Å². The molecule has 0 amide bonds. The number of allylic oxidation sites excluding steroid dienone is 4. The van der Waals surface area contributed by atoms with Crippen molar-refractivity contribution >= 4 is 0 Å². The highest BCUT2D eigenvalue weighted by Crippen LogP contribution is 2.39. The van der Waals surface area contributed by atoms with E-state index in [1.807, 2.05) is 13.8 Å². The molecule has 0 bridgehead atoms. The Morgan fingerprint density at radius 3 is 1.41 bits per heavy atom. The maximum Gasteiger partial charge on any atom is -0.0109 e. The highest BCUT2D eigenvalue weighted by Gasteiger charge is 2.28. The van der Waals surface area contributed by atoms with Gasteiger partial charge in [-0.3, -0.25) is 0 Å². The molecule has 1 rings (SSSR count). The van der Waals surface area contributed by atoms with Gasteiger partial charge in [0.25, 0.3) is 0 Å². The highest BCUT2D eigenvalue weighted by molar-refractivity contribution is 5.20. The standard InChI is InChI=1S/C13H24.C12H24.C2H6/c1-7-10(3)12(5)9-13(6)11(4)8-2;1-10(12(2,3)4)11-8-6-5-7-9-11;1-2/h7-9H2,1-6H3;10-11H,5-9H2,1-4H3;1-2H3/b12-10-,13-11-;;. The smallest absolute Gasteiger partial charge is 0.0109 e. The Morgan fingerprint density at radius 2 is 1.11 bits per heavy atom. The van der Waals surface area contributed by atoms with Gasteiger partial charge in [-0.05, 0) is 64.2 Å². The first-order chi connectivity index (χ1) is 12.5. The van der Waals surface area contributed by atoms with Crippen molar-refractivity contribution in [2.75, 3.05) is 0 Å². The van der Waals surface area contributed by atoms with Gasteiger partial charge in [0.05, 0.1) is 0 Å². The predicted octanol–water partition coefficient (Wildman–Crippen LogP) is 10.1. The molecule has 0 aromatic carbocycles. The average Bonchev–Trinajstić information content (AvgIpc) is 2.67. The second kappa shape index (κ2) is 15.4. The Morgan fingerprint density at radius 1 is 0.741 bits per heavy atom. The van der Waals surface area contributed by atoms with Gasteiger partial charge in [0, 0.05) is 0 Å². The van der Waals surface area contributed by atoms with E-state index in [-0.39, 0.29) is 0 Å². The van der Waals surface area contributed by atoms with Gasteiger partial charge >= 0.3 is 0 Å². The number of hydrogen-bond donors (Lipinski definition) is 0. The molecule has 0 N–H and O–H groups in total. The van der Waals surface area contributed by atoms with E-state index in [0.717, 1.165) is 11.8 Å². The van der Waals surface area contributed by atoms with Crippen LogP contribution in [0.4, 0.5) is 0 Å². The summed E-state index contributed by atoms with van der Waals surface area (Å²) in [6.45, 7) is 27.0. The summed E-state index contributed by atoms with van der Waals surface area (Å²) in [6.07, 6.45) is 10.9. The van der Waals surface area contributed by atoms with E-state index in [4.69, 9.17) is 0 Å². The first-order valence-corrected chi connectivity index (χ1v) is 11.8. The lowest BCUT2D eigenvalue weighted by Gasteiger charge is -2.36. The zero-order valence-electron chi connectivity index (χ0n) is 21.3. The Balaban J connectivity index is 0. The zero-order valence-corrected chi connectivity index (χ0v) is 21.3. The van der Waals surface area contributed by atoms with E-state index < -0.39 is 0 Å². The fraction of sp³-hybridized carbons (Fsp3) is 0.852. The molecule has 0 spiro atoms. The summed E-state index contributed by atoms with van der Waals surface area (Å²) in [6, 6.07) is 0. The van der Waals surface area contributed by atoms with Crippen LogP contribution in [0.3, 0.4) is 0 Å². The molecule has 1 unspecified atom stereocenters. The maximum atomic E-state index is 2.44. The second-order valence-electron chi connectivity index (χ2n) is 9.56. The fourth-order valence-electron chi connectivity index (χ4n) is 3.64. The lowest BCUT2D eigenvalue weighted by Crippen LogP contribution is -2.27. The van der Waals surface area contributed by atoms with Crippen molar-refractivity contribution in [1.29, 1.82) is 0 Å². The number of hydrogen-bond acceptors (Lipinski definition) is 0. The molecule has 1 saturated carbocycles. The molecular formula is C27H54. The first-order valence-electron chi connectivity index (χ1n) is 11.8. The van der Waals surface area contributed by atoms with Crippen molar-refractivity contribution in [3.05, 3.63) is 22.3 Å². The van der Waals surface area contributed by atoms with Crippen LogP contribution in [0.2, 0.25) is 0 Å². The van der Waals surface area contributed by atoms with Crippen LogP contribution in [0.5, 0.6) is 0 Å². The van der Waals surface area contributed by atoms with Gasteiger partial charge in [0.15, 0.2) is 0 Å². The topological polar surface area (TPSA) is 0 Å². The van der Waals surface area contributed by atoms with E-state index in [9.17, 15) is 0 Å². The molecule has 0 nitrogen and oxygen atoms in total. The van der Waals surface area contributed by atoms with Crippen LogP contribution >= 0.6 is 0 Å². The van der Waals surface area contributed by atoms with Crippen LogP contribution in [0.25, 0.3) is 0 Å². The Bertz CT molecular complexity index is 397. The van der Waals surface area contributed by atoms with Gasteiger partial charge in [0.1, 0.15) is 0 Å². The third kappa shape index (κ3) is 12.5. The fourth-order valence-corrected chi connectivity index (χ4v) is 3.64. The van der Waals surface area contributed by atoms with Crippen LogP contribution in [0.15, 0.2) is 22.3 Å². The molecule has 0 aromatic rings.